The van der Waals surface area contributed by atoms with Gasteiger partial charge in [0.1, 0.15) is 17.0 Å². The standard InChI is InChI=1S/C18H19NO2/c1-20-16-8-3-6-14(12-16)18(10-5-11-19-18)15-7-4-9-17(13-15)21-2/h3-4,6-9,11-13H,5,10H2,1-2H3. The lowest BCUT2D eigenvalue weighted by Gasteiger charge is -2.28. The van der Waals surface area contributed by atoms with E-state index in [0.29, 0.717) is 0 Å². The Morgan fingerprint density at radius 3 is 1.90 bits per heavy atom. The number of hydrogen-bond donors (Lipinski definition) is 0. The van der Waals surface area contributed by atoms with E-state index in [1.807, 2.05) is 30.5 Å². The van der Waals surface area contributed by atoms with Crippen molar-refractivity contribution in [2.75, 3.05) is 14.2 Å². The quantitative estimate of drug-likeness (QED) is 0.853. The third-order valence-electron chi connectivity index (χ3n) is 4.04. The van der Waals surface area contributed by atoms with Crippen LogP contribution in [0.4, 0.5) is 0 Å². The molecule has 0 N–H and O–H groups in total. The lowest BCUT2D eigenvalue weighted by Crippen LogP contribution is -2.22. The van der Waals surface area contributed by atoms with Gasteiger partial charge in [0.2, 0.25) is 0 Å². The summed E-state index contributed by atoms with van der Waals surface area (Å²) in [7, 11) is 3.38. The van der Waals surface area contributed by atoms with Crippen LogP contribution in [0.25, 0.3) is 0 Å². The second kappa shape index (κ2) is 5.60. The molecule has 108 valence electrons. The van der Waals surface area contributed by atoms with E-state index in [0.717, 1.165) is 35.5 Å². The zero-order valence-electron chi connectivity index (χ0n) is 12.4. The highest BCUT2D eigenvalue weighted by atomic mass is 16.5. The molecule has 1 heterocycles. The summed E-state index contributed by atoms with van der Waals surface area (Å²) in [6.45, 7) is 0. The van der Waals surface area contributed by atoms with Crippen molar-refractivity contribution in [2.24, 2.45) is 4.99 Å². The lowest BCUT2D eigenvalue weighted by atomic mass is 9.81. The highest BCUT2D eigenvalue weighted by Crippen LogP contribution is 2.42. The second-order valence-electron chi connectivity index (χ2n) is 5.17. The summed E-state index contributed by atoms with van der Waals surface area (Å²) in [5.41, 5.74) is 1.98. The molecule has 0 fully saturated rings. The molecule has 1 aliphatic rings. The SMILES string of the molecule is COc1cccc(C2(c3cccc(OC)c3)CCC=N2)c1. The van der Waals surface area contributed by atoms with Crippen molar-refractivity contribution >= 4 is 6.21 Å². The number of ether oxygens (including phenoxy) is 2. The van der Waals surface area contributed by atoms with E-state index >= 15 is 0 Å². The van der Waals surface area contributed by atoms with E-state index in [4.69, 9.17) is 14.5 Å². The van der Waals surface area contributed by atoms with Gasteiger partial charge in [-0.05, 0) is 48.2 Å². The Hall–Kier alpha value is -2.29. The molecular formula is C18H19NO2. The van der Waals surface area contributed by atoms with Crippen molar-refractivity contribution < 1.29 is 9.47 Å². The minimum Gasteiger partial charge on any atom is -0.497 e. The first-order valence-corrected chi connectivity index (χ1v) is 7.11. The van der Waals surface area contributed by atoms with Crippen LogP contribution >= 0.6 is 0 Å². The van der Waals surface area contributed by atoms with Crippen molar-refractivity contribution in [3.63, 3.8) is 0 Å². The summed E-state index contributed by atoms with van der Waals surface area (Å²) in [5, 5.41) is 0. The summed E-state index contributed by atoms with van der Waals surface area (Å²) >= 11 is 0. The molecule has 1 aliphatic heterocycles. The minimum absolute atomic E-state index is 0.330. The largest absolute Gasteiger partial charge is 0.497 e. The van der Waals surface area contributed by atoms with Crippen LogP contribution in [0.2, 0.25) is 0 Å². The molecule has 3 heteroatoms. The number of nitrogens with zero attached hydrogens (tertiary/aromatic N) is 1. The first-order valence-electron chi connectivity index (χ1n) is 7.11. The fourth-order valence-electron chi connectivity index (χ4n) is 2.92. The molecule has 0 saturated carbocycles. The first-order chi connectivity index (χ1) is 10.3. The van der Waals surface area contributed by atoms with Gasteiger partial charge in [0.25, 0.3) is 0 Å². The molecule has 2 aromatic carbocycles. The zero-order valence-corrected chi connectivity index (χ0v) is 12.4. The van der Waals surface area contributed by atoms with Crippen molar-refractivity contribution in [1.82, 2.24) is 0 Å². The molecule has 0 aromatic heterocycles. The topological polar surface area (TPSA) is 30.8 Å². The van der Waals surface area contributed by atoms with Crippen molar-refractivity contribution in [3.05, 3.63) is 59.7 Å². The molecule has 21 heavy (non-hydrogen) atoms. The Kier molecular flexibility index (Phi) is 3.65. The van der Waals surface area contributed by atoms with E-state index in [2.05, 4.69) is 24.3 Å². The van der Waals surface area contributed by atoms with Gasteiger partial charge in [-0.3, -0.25) is 4.99 Å². The van der Waals surface area contributed by atoms with E-state index in [1.54, 1.807) is 14.2 Å². The first kappa shape index (κ1) is 13.7. The van der Waals surface area contributed by atoms with Crippen molar-refractivity contribution in [1.29, 1.82) is 0 Å². The maximum Gasteiger partial charge on any atom is 0.119 e. The molecule has 0 saturated heterocycles. The number of rotatable bonds is 4. The van der Waals surface area contributed by atoms with Crippen LogP contribution in [0.5, 0.6) is 11.5 Å². The Morgan fingerprint density at radius 1 is 0.905 bits per heavy atom. The molecule has 0 radical (unpaired) electrons. The molecule has 0 atom stereocenters. The molecule has 0 spiro atoms. The lowest BCUT2D eigenvalue weighted by molar-refractivity contribution is 0.409. The fraction of sp³-hybridized carbons (Fsp3) is 0.278. The third-order valence-corrected chi connectivity index (χ3v) is 4.04. The summed E-state index contributed by atoms with van der Waals surface area (Å²) in [6, 6.07) is 16.3. The third kappa shape index (κ3) is 2.40. The van der Waals surface area contributed by atoms with Gasteiger partial charge < -0.3 is 9.47 Å². The fourth-order valence-corrected chi connectivity index (χ4v) is 2.92. The van der Waals surface area contributed by atoms with Gasteiger partial charge in [0.05, 0.1) is 14.2 Å². The maximum absolute atomic E-state index is 5.36. The highest BCUT2D eigenvalue weighted by molar-refractivity contribution is 5.64. The molecule has 0 amide bonds. The molecule has 0 unspecified atom stereocenters. The van der Waals surface area contributed by atoms with Crippen molar-refractivity contribution in [3.8, 4) is 11.5 Å². The highest BCUT2D eigenvalue weighted by Gasteiger charge is 2.36. The molecule has 3 nitrogen and oxygen atoms in total. The monoisotopic (exact) mass is 281 g/mol. The van der Waals surface area contributed by atoms with Gasteiger partial charge in [-0.1, -0.05) is 24.3 Å². The summed E-state index contributed by atoms with van der Waals surface area (Å²) in [5.74, 6) is 1.72. The predicted molar refractivity (Wildman–Crippen MR) is 84.5 cm³/mol. The number of methoxy groups -OCH3 is 2. The van der Waals surface area contributed by atoms with Crippen molar-refractivity contribution in [2.45, 2.75) is 18.4 Å². The molecule has 0 aliphatic carbocycles. The number of benzene rings is 2. The normalized spacial score (nSPS) is 15.9. The van der Waals surface area contributed by atoms with Gasteiger partial charge >= 0.3 is 0 Å². The molecule has 2 aromatic rings. The molecule has 3 rings (SSSR count). The molecular weight excluding hydrogens is 262 g/mol. The average molecular weight is 281 g/mol. The van der Waals surface area contributed by atoms with Crippen LogP contribution in [0.1, 0.15) is 24.0 Å². The second-order valence-corrected chi connectivity index (χ2v) is 5.17. The Morgan fingerprint density at radius 2 is 1.48 bits per heavy atom. The van der Waals surface area contributed by atoms with Gasteiger partial charge in [-0.2, -0.15) is 0 Å². The summed E-state index contributed by atoms with van der Waals surface area (Å²) in [4.78, 5) is 4.82. The zero-order chi connectivity index (χ0) is 14.7. The average Bonchev–Trinajstić information content (AvgIpc) is 3.06. The van der Waals surface area contributed by atoms with Crippen LogP contribution in [-0.4, -0.2) is 20.4 Å². The van der Waals surface area contributed by atoms with E-state index < -0.39 is 0 Å². The summed E-state index contributed by atoms with van der Waals surface area (Å²) in [6.07, 6.45) is 3.96. The van der Waals surface area contributed by atoms with Crippen LogP contribution < -0.4 is 9.47 Å². The molecule has 0 bridgehead atoms. The Labute approximate surface area is 125 Å². The number of aliphatic imine (C=N–C) groups is 1. The van der Waals surface area contributed by atoms with Crippen LogP contribution in [0.3, 0.4) is 0 Å². The Bertz CT molecular complexity index is 616. The maximum atomic E-state index is 5.36. The van der Waals surface area contributed by atoms with E-state index in [1.165, 1.54) is 0 Å². The van der Waals surface area contributed by atoms with E-state index in [9.17, 15) is 0 Å². The van der Waals surface area contributed by atoms with Crippen LogP contribution in [0.15, 0.2) is 53.5 Å². The Balaban J connectivity index is 2.13. The van der Waals surface area contributed by atoms with Gasteiger partial charge in [-0.25, -0.2) is 0 Å². The minimum atomic E-state index is -0.330. The van der Waals surface area contributed by atoms with Crippen LogP contribution in [-0.2, 0) is 5.54 Å². The number of hydrogen-bond acceptors (Lipinski definition) is 3. The van der Waals surface area contributed by atoms with Gasteiger partial charge in [0, 0.05) is 6.21 Å². The van der Waals surface area contributed by atoms with Gasteiger partial charge in [0.15, 0.2) is 0 Å². The predicted octanol–water partition coefficient (Wildman–Crippen LogP) is 3.81. The van der Waals surface area contributed by atoms with Crippen LogP contribution in [0, 0.1) is 0 Å². The van der Waals surface area contributed by atoms with E-state index in [-0.39, 0.29) is 5.54 Å². The smallest absolute Gasteiger partial charge is 0.119 e. The summed E-state index contributed by atoms with van der Waals surface area (Å²) < 4.78 is 10.7. The van der Waals surface area contributed by atoms with Gasteiger partial charge in [-0.15, -0.1) is 0 Å².